The average Bonchev–Trinajstić information content (AvgIpc) is 2.70. The van der Waals surface area contributed by atoms with Crippen LogP contribution in [0, 0.1) is 6.92 Å². The van der Waals surface area contributed by atoms with E-state index in [0.29, 0.717) is 33.0 Å². The van der Waals surface area contributed by atoms with Gasteiger partial charge < -0.3 is 23.9 Å². The van der Waals surface area contributed by atoms with E-state index in [1.807, 2.05) is 20.0 Å². The number of ether oxygens (including phenoxy) is 3. The van der Waals surface area contributed by atoms with Gasteiger partial charge in [0, 0.05) is 7.11 Å². The Hall–Kier alpha value is -0.880. The number of methoxy groups -OCH3 is 1. The molecule has 0 aliphatic rings. The summed E-state index contributed by atoms with van der Waals surface area (Å²) >= 11 is 0. The Morgan fingerprint density at radius 3 is 2.61 bits per heavy atom. The molecule has 0 atom stereocenters. The first-order valence-corrected chi connectivity index (χ1v) is 6.15. The third-order valence-corrected chi connectivity index (χ3v) is 2.46. The van der Waals surface area contributed by atoms with Crippen LogP contribution < -0.4 is 5.32 Å². The number of hydrogen-bond donors (Lipinski definition) is 1. The standard InChI is InChI=1S/C13H23NO4/c1-11-8-12(18-13(11)9-14-2)10-17-7-6-16-5-4-15-3/h8,14H,4-7,9-10H2,1-3H3. The van der Waals surface area contributed by atoms with E-state index in [9.17, 15) is 0 Å². The van der Waals surface area contributed by atoms with Gasteiger partial charge in [-0.15, -0.1) is 0 Å². The molecule has 0 saturated carbocycles. The maximum atomic E-state index is 5.65. The van der Waals surface area contributed by atoms with E-state index in [4.69, 9.17) is 18.6 Å². The SMILES string of the molecule is CNCc1oc(COCCOCCOC)cc1C. The summed E-state index contributed by atoms with van der Waals surface area (Å²) < 4.78 is 21.3. The molecule has 0 fully saturated rings. The molecule has 1 aromatic heterocycles. The van der Waals surface area contributed by atoms with Gasteiger partial charge in [0.1, 0.15) is 18.1 Å². The van der Waals surface area contributed by atoms with Crippen molar-refractivity contribution in [3.05, 3.63) is 23.2 Å². The van der Waals surface area contributed by atoms with Gasteiger partial charge in [-0.1, -0.05) is 0 Å². The Balaban J connectivity index is 2.13. The van der Waals surface area contributed by atoms with E-state index in [0.717, 1.165) is 23.6 Å². The first-order valence-electron chi connectivity index (χ1n) is 6.15. The van der Waals surface area contributed by atoms with Crippen molar-refractivity contribution in [2.75, 3.05) is 40.6 Å². The van der Waals surface area contributed by atoms with Gasteiger partial charge in [0.05, 0.1) is 33.0 Å². The van der Waals surface area contributed by atoms with Gasteiger partial charge in [0.2, 0.25) is 0 Å². The quantitative estimate of drug-likeness (QED) is 0.644. The van der Waals surface area contributed by atoms with Crippen molar-refractivity contribution < 1.29 is 18.6 Å². The van der Waals surface area contributed by atoms with Crippen LogP contribution in [0.5, 0.6) is 0 Å². The van der Waals surface area contributed by atoms with Crippen LogP contribution in [0.15, 0.2) is 10.5 Å². The van der Waals surface area contributed by atoms with Crippen molar-refractivity contribution in [3.8, 4) is 0 Å². The van der Waals surface area contributed by atoms with Crippen molar-refractivity contribution in [1.29, 1.82) is 0 Å². The molecule has 0 bridgehead atoms. The van der Waals surface area contributed by atoms with Crippen molar-refractivity contribution in [1.82, 2.24) is 5.32 Å². The van der Waals surface area contributed by atoms with Gasteiger partial charge in [-0.05, 0) is 25.6 Å². The largest absolute Gasteiger partial charge is 0.462 e. The lowest BCUT2D eigenvalue weighted by Gasteiger charge is -2.04. The maximum absolute atomic E-state index is 5.65. The predicted octanol–water partition coefficient (Wildman–Crippen LogP) is 1.49. The number of aryl methyl sites for hydroxylation is 1. The molecule has 0 aromatic carbocycles. The summed E-state index contributed by atoms with van der Waals surface area (Å²) in [6, 6.07) is 2.01. The van der Waals surface area contributed by atoms with E-state index in [2.05, 4.69) is 5.32 Å². The highest BCUT2D eigenvalue weighted by Crippen LogP contribution is 2.15. The second-order valence-corrected chi connectivity index (χ2v) is 4.01. The molecule has 0 saturated heterocycles. The van der Waals surface area contributed by atoms with Gasteiger partial charge in [-0.25, -0.2) is 0 Å². The molecule has 0 amide bonds. The molecule has 0 spiro atoms. The fourth-order valence-electron chi connectivity index (χ4n) is 1.53. The Morgan fingerprint density at radius 1 is 1.17 bits per heavy atom. The fraction of sp³-hybridized carbons (Fsp3) is 0.692. The molecule has 5 heteroatoms. The van der Waals surface area contributed by atoms with Crippen molar-refractivity contribution in [2.24, 2.45) is 0 Å². The van der Waals surface area contributed by atoms with E-state index in [-0.39, 0.29) is 0 Å². The molecule has 1 N–H and O–H groups in total. The minimum Gasteiger partial charge on any atom is -0.462 e. The number of rotatable bonds is 10. The number of nitrogens with one attached hydrogen (secondary N) is 1. The van der Waals surface area contributed by atoms with Crippen LogP contribution in [0.3, 0.4) is 0 Å². The first-order chi connectivity index (χ1) is 8.77. The number of furan rings is 1. The molecule has 0 unspecified atom stereocenters. The highest BCUT2D eigenvalue weighted by atomic mass is 16.5. The van der Waals surface area contributed by atoms with Gasteiger partial charge in [0.15, 0.2) is 0 Å². The van der Waals surface area contributed by atoms with Gasteiger partial charge >= 0.3 is 0 Å². The summed E-state index contributed by atoms with van der Waals surface area (Å²) in [4.78, 5) is 0. The summed E-state index contributed by atoms with van der Waals surface area (Å²) in [5.41, 5.74) is 1.15. The summed E-state index contributed by atoms with van der Waals surface area (Å²) in [7, 11) is 3.55. The summed E-state index contributed by atoms with van der Waals surface area (Å²) in [6.07, 6.45) is 0. The fourth-order valence-corrected chi connectivity index (χ4v) is 1.53. The molecular weight excluding hydrogens is 234 g/mol. The molecule has 18 heavy (non-hydrogen) atoms. The minimum atomic E-state index is 0.484. The van der Waals surface area contributed by atoms with Crippen LogP contribution in [0.1, 0.15) is 17.1 Å². The Labute approximate surface area is 108 Å². The van der Waals surface area contributed by atoms with Crippen molar-refractivity contribution in [3.63, 3.8) is 0 Å². The van der Waals surface area contributed by atoms with E-state index < -0.39 is 0 Å². The smallest absolute Gasteiger partial charge is 0.130 e. The third-order valence-electron chi connectivity index (χ3n) is 2.46. The normalized spacial score (nSPS) is 11.1. The summed E-state index contributed by atoms with van der Waals surface area (Å²) in [5, 5.41) is 3.07. The van der Waals surface area contributed by atoms with Crippen molar-refractivity contribution in [2.45, 2.75) is 20.1 Å². The molecule has 0 aliphatic carbocycles. The highest BCUT2D eigenvalue weighted by Gasteiger charge is 2.06. The maximum Gasteiger partial charge on any atom is 0.130 e. The van der Waals surface area contributed by atoms with Crippen molar-refractivity contribution >= 4 is 0 Å². The predicted molar refractivity (Wildman–Crippen MR) is 68.6 cm³/mol. The first kappa shape index (κ1) is 15.2. The van der Waals surface area contributed by atoms with E-state index in [1.54, 1.807) is 7.11 Å². The zero-order chi connectivity index (χ0) is 13.2. The molecule has 5 nitrogen and oxygen atoms in total. The van der Waals surface area contributed by atoms with Crippen LogP contribution in [0.4, 0.5) is 0 Å². The molecular formula is C13H23NO4. The number of hydrogen-bond acceptors (Lipinski definition) is 5. The second kappa shape index (κ2) is 9.10. The lowest BCUT2D eigenvalue weighted by Crippen LogP contribution is -2.08. The van der Waals surface area contributed by atoms with E-state index in [1.165, 1.54) is 0 Å². The zero-order valence-corrected chi connectivity index (χ0v) is 11.5. The van der Waals surface area contributed by atoms with Gasteiger partial charge in [-0.2, -0.15) is 0 Å². The minimum absolute atomic E-state index is 0.484. The Bertz CT molecular complexity index is 325. The Morgan fingerprint density at radius 2 is 1.89 bits per heavy atom. The van der Waals surface area contributed by atoms with Crippen LogP contribution in [-0.4, -0.2) is 40.6 Å². The Kier molecular flexibility index (Phi) is 7.68. The van der Waals surface area contributed by atoms with Crippen LogP contribution >= 0.6 is 0 Å². The zero-order valence-electron chi connectivity index (χ0n) is 11.5. The summed E-state index contributed by atoms with van der Waals surface area (Å²) in [6.45, 7) is 5.62. The molecule has 104 valence electrons. The molecule has 1 heterocycles. The van der Waals surface area contributed by atoms with Crippen LogP contribution in [0.25, 0.3) is 0 Å². The molecule has 0 radical (unpaired) electrons. The summed E-state index contributed by atoms with van der Waals surface area (Å²) in [5.74, 6) is 1.82. The molecule has 1 aromatic rings. The van der Waals surface area contributed by atoms with Crippen LogP contribution in [0.2, 0.25) is 0 Å². The highest BCUT2D eigenvalue weighted by molar-refractivity contribution is 5.19. The lowest BCUT2D eigenvalue weighted by atomic mass is 10.2. The topological polar surface area (TPSA) is 52.9 Å². The monoisotopic (exact) mass is 257 g/mol. The average molecular weight is 257 g/mol. The van der Waals surface area contributed by atoms with Gasteiger partial charge in [0.25, 0.3) is 0 Å². The molecule has 1 rings (SSSR count). The lowest BCUT2D eigenvalue weighted by molar-refractivity contribution is 0.0160. The van der Waals surface area contributed by atoms with Crippen LogP contribution in [-0.2, 0) is 27.4 Å². The third kappa shape index (κ3) is 5.64. The van der Waals surface area contributed by atoms with E-state index >= 15 is 0 Å². The van der Waals surface area contributed by atoms with Gasteiger partial charge in [-0.3, -0.25) is 0 Å². The molecule has 0 aliphatic heterocycles. The second-order valence-electron chi connectivity index (χ2n) is 4.01.